The number of aromatic nitrogens is 1. The number of carbonyl (C=O) groups excluding carboxylic acids is 1. The van der Waals surface area contributed by atoms with Crippen LogP contribution in [0, 0.1) is 0 Å². The predicted molar refractivity (Wildman–Crippen MR) is 113 cm³/mol. The van der Waals surface area contributed by atoms with E-state index in [0.717, 1.165) is 22.4 Å². The van der Waals surface area contributed by atoms with Gasteiger partial charge in [0, 0.05) is 11.8 Å². The van der Waals surface area contributed by atoms with Crippen LogP contribution in [-0.2, 0) is 0 Å². The first-order chi connectivity index (χ1) is 14.2. The zero-order chi connectivity index (χ0) is 20.1. The maximum atomic E-state index is 12.8. The van der Waals surface area contributed by atoms with Gasteiger partial charge in [0.15, 0.2) is 0 Å². The zero-order valence-electron chi connectivity index (χ0n) is 15.9. The van der Waals surface area contributed by atoms with Crippen molar-refractivity contribution in [2.24, 2.45) is 0 Å². The molecule has 0 radical (unpaired) electrons. The second kappa shape index (κ2) is 8.40. The lowest BCUT2D eigenvalue weighted by molar-refractivity contribution is 0.0735. The molecule has 29 heavy (non-hydrogen) atoms. The standard InChI is InChI=1S/C25H19NO3/c1-28-21-13-10-19(11-14-21)25(27)29-24-17-20(18-7-3-2-4-8-18)12-15-22(24)23-9-5-6-16-26-23/h2-17H,1H3. The van der Waals surface area contributed by atoms with Gasteiger partial charge in [-0.25, -0.2) is 4.79 Å². The molecule has 4 nitrogen and oxygen atoms in total. The van der Waals surface area contributed by atoms with Crippen molar-refractivity contribution in [3.63, 3.8) is 0 Å². The average Bonchev–Trinajstić information content (AvgIpc) is 2.80. The molecule has 142 valence electrons. The first-order valence-corrected chi connectivity index (χ1v) is 9.22. The highest BCUT2D eigenvalue weighted by atomic mass is 16.5. The monoisotopic (exact) mass is 381 g/mol. The van der Waals surface area contributed by atoms with Crippen molar-refractivity contribution < 1.29 is 14.3 Å². The Hall–Kier alpha value is -3.92. The lowest BCUT2D eigenvalue weighted by Gasteiger charge is -2.12. The van der Waals surface area contributed by atoms with Crippen molar-refractivity contribution in [2.45, 2.75) is 0 Å². The van der Waals surface area contributed by atoms with Crippen molar-refractivity contribution in [2.75, 3.05) is 7.11 Å². The van der Waals surface area contributed by atoms with Gasteiger partial charge in [-0.15, -0.1) is 0 Å². The molecule has 0 amide bonds. The maximum absolute atomic E-state index is 12.8. The Bertz CT molecular complexity index is 1110. The summed E-state index contributed by atoms with van der Waals surface area (Å²) in [6, 6.07) is 28.3. The fraction of sp³-hybridized carbons (Fsp3) is 0.0400. The van der Waals surface area contributed by atoms with Crippen LogP contribution in [0.4, 0.5) is 0 Å². The fourth-order valence-corrected chi connectivity index (χ4v) is 3.04. The molecular formula is C25H19NO3. The van der Waals surface area contributed by atoms with Gasteiger partial charge in [-0.2, -0.15) is 0 Å². The summed E-state index contributed by atoms with van der Waals surface area (Å²) < 4.78 is 11.0. The molecule has 0 spiro atoms. The number of nitrogens with zero attached hydrogens (tertiary/aromatic N) is 1. The van der Waals surface area contributed by atoms with E-state index >= 15 is 0 Å². The summed E-state index contributed by atoms with van der Waals surface area (Å²) in [5.74, 6) is 0.711. The summed E-state index contributed by atoms with van der Waals surface area (Å²) in [4.78, 5) is 17.2. The van der Waals surface area contributed by atoms with E-state index < -0.39 is 5.97 Å². The molecule has 0 atom stereocenters. The summed E-state index contributed by atoms with van der Waals surface area (Å²) in [5, 5.41) is 0. The van der Waals surface area contributed by atoms with Crippen LogP contribution in [0.3, 0.4) is 0 Å². The van der Waals surface area contributed by atoms with Crippen LogP contribution in [0.5, 0.6) is 11.5 Å². The highest BCUT2D eigenvalue weighted by molar-refractivity contribution is 5.92. The van der Waals surface area contributed by atoms with Gasteiger partial charge in [-0.1, -0.05) is 42.5 Å². The second-order valence-corrected chi connectivity index (χ2v) is 6.41. The third-order valence-electron chi connectivity index (χ3n) is 4.56. The minimum absolute atomic E-state index is 0.435. The molecular weight excluding hydrogens is 362 g/mol. The van der Waals surface area contributed by atoms with Crippen molar-refractivity contribution in [3.05, 3.63) is 103 Å². The molecule has 0 saturated heterocycles. The van der Waals surface area contributed by atoms with Crippen LogP contribution < -0.4 is 9.47 Å². The summed E-state index contributed by atoms with van der Waals surface area (Å²) in [5.41, 5.74) is 3.95. The molecule has 1 aromatic heterocycles. The third kappa shape index (κ3) is 4.17. The molecule has 0 bridgehead atoms. The average molecular weight is 381 g/mol. The minimum atomic E-state index is -0.435. The first kappa shape index (κ1) is 18.4. The number of ether oxygens (including phenoxy) is 2. The second-order valence-electron chi connectivity index (χ2n) is 6.41. The van der Waals surface area contributed by atoms with E-state index in [1.165, 1.54) is 0 Å². The number of hydrogen-bond acceptors (Lipinski definition) is 4. The fourth-order valence-electron chi connectivity index (χ4n) is 3.04. The predicted octanol–water partition coefficient (Wildman–Crippen LogP) is 5.64. The summed E-state index contributed by atoms with van der Waals surface area (Å²) >= 11 is 0. The van der Waals surface area contributed by atoms with Gasteiger partial charge in [0.25, 0.3) is 0 Å². The van der Waals surface area contributed by atoms with Crippen LogP contribution in [0.2, 0.25) is 0 Å². The van der Waals surface area contributed by atoms with E-state index in [0.29, 0.717) is 17.1 Å². The Kier molecular flexibility index (Phi) is 5.34. The Balaban J connectivity index is 1.72. The van der Waals surface area contributed by atoms with E-state index in [1.807, 2.05) is 66.7 Å². The summed E-state index contributed by atoms with van der Waals surface area (Å²) in [6.07, 6.45) is 1.72. The number of rotatable bonds is 5. The Morgan fingerprint density at radius 3 is 2.24 bits per heavy atom. The molecule has 0 aliphatic heterocycles. The molecule has 0 fully saturated rings. The van der Waals surface area contributed by atoms with Gasteiger partial charge in [0.1, 0.15) is 11.5 Å². The first-order valence-electron chi connectivity index (χ1n) is 9.22. The highest BCUT2D eigenvalue weighted by Gasteiger charge is 2.15. The Morgan fingerprint density at radius 2 is 1.55 bits per heavy atom. The van der Waals surface area contributed by atoms with Crippen LogP contribution in [0.1, 0.15) is 10.4 Å². The molecule has 0 saturated carbocycles. The van der Waals surface area contributed by atoms with Crippen molar-refractivity contribution in [1.29, 1.82) is 0 Å². The number of esters is 1. The maximum Gasteiger partial charge on any atom is 0.343 e. The van der Waals surface area contributed by atoms with E-state index in [2.05, 4.69) is 4.98 Å². The molecule has 0 N–H and O–H groups in total. The Morgan fingerprint density at radius 1 is 0.793 bits per heavy atom. The lowest BCUT2D eigenvalue weighted by Crippen LogP contribution is -2.09. The normalized spacial score (nSPS) is 10.4. The van der Waals surface area contributed by atoms with Crippen molar-refractivity contribution in [1.82, 2.24) is 4.98 Å². The number of benzene rings is 3. The van der Waals surface area contributed by atoms with Crippen LogP contribution in [-0.4, -0.2) is 18.1 Å². The molecule has 0 aliphatic rings. The number of methoxy groups -OCH3 is 1. The van der Waals surface area contributed by atoms with E-state index in [-0.39, 0.29) is 0 Å². The minimum Gasteiger partial charge on any atom is -0.497 e. The largest absolute Gasteiger partial charge is 0.497 e. The smallest absolute Gasteiger partial charge is 0.343 e. The molecule has 1 heterocycles. The van der Waals surface area contributed by atoms with Gasteiger partial charge >= 0.3 is 5.97 Å². The van der Waals surface area contributed by atoms with Crippen LogP contribution in [0.15, 0.2) is 97.2 Å². The highest BCUT2D eigenvalue weighted by Crippen LogP contribution is 2.34. The zero-order valence-corrected chi connectivity index (χ0v) is 15.9. The number of pyridine rings is 1. The van der Waals surface area contributed by atoms with Gasteiger partial charge in [0.2, 0.25) is 0 Å². The molecule has 4 rings (SSSR count). The van der Waals surface area contributed by atoms with Crippen molar-refractivity contribution in [3.8, 4) is 33.9 Å². The topological polar surface area (TPSA) is 48.4 Å². The number of carbonyl (C=O) groups is 1. The summed E-state index contributed by atoms with van der Waals surface area (Å²) in [6.45, 7) is 0. The number of hydrogen-bond donors (Lipinski definition) is 0. The summed E-state index contributed by atoms with van der Waals surface area (Å²) in [7, 11) is 1.58. The lowest BCUT2D eigenvalue weighted by atomic mass is 10.0. The molecule has 0 aliphatic carbocycles. The van der Waals surface area contributed by atoms with Crippen LogP contribution in [0.25, 0.3) is 22.4 Å². The molecule has 4 heteroatoms. The van der Waals surface area contributed by atoms with E-state index in [4.69, 9.17) is 9.47 Å². The van der Waals surface area contributed by atoms with Gasteiger partial charge < -0.3 is 9.47 Å². The van der Waals surface area contributed by atoms with Gasteiger partial charge in [-0.3, -0.25) is 4.98 Å². The molecule has 0 unspecified atom stereocenters. The third-order valence-corrected chi connectivity index (χ3v) is 4.56. The molecule has 4 aromatic rings. The molecule has 3 aromatic carbocycles. The van der Waals surface area contributed by atoms with Gasteiger partial charge in [-0.05, 0) is 59.7 Å². The van der Waals surface area contributed by atoms with E-state index in [1.54, 1.807) is 37.6 Å². The van der Waals surface area contributed by atoms with E-state index in [9.17, 15) is 4.79 Å². The van der Waals surface area contributed by atoms with Crippen LogP contribution >= 0.6 is 0 Å². The quantitative estimate of drug-likeness (QED) is 0.331. The van der Waals surface area contributed by atoms with Gasteiger partial charge in [0.05, 0.1) is 18.4 Å². The SMILES string of the molecule is COc1ccc(C(=O)Oc2cc(-c3ccccc3)ccc2-c2ccccn2)cc1. The van der Waals surface area contributed by atoms with Crippen molar-refractivity contribution >= 4 is 5.97 Å². The Labute approximate surface area is 169 Å².